The monoisotopic (exact) mass is 444 g/mol. The molecular formula is C24H18F2N6O. The number of benzene rings is 1. The summed E-state index contributed by atoms with van der Waals surface area (Å²) in [5, 5.41) is 6.78. The van der Waals surface area contributed by atoms with E-state index in [1.54, 1.807) is 23.1 Å². The van der Waals surface area contributed by atoms with Gasteiger partial charge in [0.2, 0.25) is 5.95 Å². The van der Waals surface area contributed by atoms with Crippen LogP contribution in [-0.4, -0.2) is 25.7 Å². The highest BCUT2D eigenvalue weighted by atomic mass is 19.1. The van der Waals surface area contributed by atoms with E-state index in [0.29, 0.717) is 16.7 Å². The van der Waals surface area contributed by atoms with Crippen molar-refractivity contribution in [1.82, 2.24) is 25.1 Å². The number of nitrogens with zero attached hydrogens (tertiary/aromatic N) is 4. The van der Waals surface area contributed by atoms with E-state index in [1.807, 2.05) is 13.2 Å². The van der Waals surface area contributed by atoms with Gasteiger partial charge in [-0.25, -0.2) is 14.4 Å². The number of anilines is 1. The minimum atomic E-state index is -0.611. The van der Waals surface area contributed by atoms with Gasteiger partial charge in [-0.05, 0) is 35.9 Å². The van der Waals surface area contributed by atoms with Crippen LogP contribution in [0.2, 0.25) is 0 Å². The smallest absolute Gasteiger partial charge is 0.251 e. The molecule has 0 fully saturated rings. The van der Waals surface area contributed by atoms with Crippen molar-refractivity contribution in [2.75, 3.05) is 5.73 Å². The Kier molecular flexibility index (Phi) is 6.09. The van der Waals surface area contributed by atoms with Crippen LogP contribution in [0.4, 0.5) is 14.6 Å². The van der Waals surface area contributed by atoms with Crippen molar-refractivity contribution in [2.24, 2.45) is 7.05 Å². The molecule has 0 saturated heterocycles. The van der Waals surface area contributed by atoms with Crippen molar-refractivity contribution in [3.8, 4) is 23.0 Å². The van der Waals surface area contributed by atoms with Crippen molar-refractivity contribution in [1.29, 1.82) is 0 Å². The van der Waals surface area contributed by atoms with Crippen molar-refractivity contribution in [2.45, 2.75) is 6.54 Å². The number of amides is 1. The number of rotatable bonds is 4. The van der Waals surface area contributed by atoms with E-state index < -0.39 is 17.7 Å². The zero-order valence-electron chi connectivity index (χ0n) is 17.5. The maximum Gasteiger partial charge on any atom is 0.251 e. The normalized spacial score (nSPS) is 10.4. The number of aromatic nitrogens is 4. The SMILES string of the molecule is Cn1cc(-c2cnc(N)c(C#Cc3cc(F)cc(C(=O)NCc4ccc(F)nc4)c3)c2)cn1. The fraction of sp³-hybridized carbons (Fsp3) is 0.0833. The molecule has 0 saturated carbocycles. The molecule has 3 heterocycles. The van der Waals surface area contributed by atoms with Gasteiger partial charge in [0.15, 0.2) is 0 Å². The molecule has 3 aromatic heterocycles. The standard InChI is InChI=1S/C24H18F2N6O/c1-32-14-20(13-31-32)19-8-17(23(27)29-12-19)4-2-15-6-18(9-21(25)7-15)24(33)30-11-16-3-5-22(26)28-10-16/h3,5-10,12-14H,11H2,1H3,(H2,27,29)(H,30,33). The van der Waals surface area contributed by atoms with Gasteiger partial charge in [-0.1, -0.05) is 17.9 Å². The molecule has 0 aliphatic heterocycles. The Morgan fingerprint density at radius 3 is 2.64 bits per heavy atom. The van der Waals surface area contributed by atoms with Crippen molar-refractivity contribution in [3.63, 3.8) is 0 Å². The van der Waals surface area contributed by atoms with Crippen LogP contribution in [0.5, 0.6) is 0 Å². The van der Waals surface area contributed by atoms with E-state index in [1.165, 1.54) is 30.5 Å². The number of hydrogen-bond donors (Lipinski definition) is 2. The average molecular weight is 444 g/mol. The molecule has 33 heavy (non-hydrogen) atoms. The van der Waals surface area contributed by atoms with Gasteiger partial charge in [0.25, 0.3) is 5.91 Å². The van der Waals surface area contributed by atoms with Gasteiger partial charge in [-0.3, -0.25) is 9.48 Å². The highest BCUT2D eigenvalue weighted by Crippen LogP contribution is 2.21. The van der Waals surface area contributed by atoms with Gasteiger partial charge in [0.05, 0.1) is 11.8 Å². The van der Waals surface area contributed by atoms with Gasteiger partial charge in [0.1, 0.15) is 11.6 Å². The molecule has 1 aromatic carbocycles. The van der Waals surface area contributed by atoms with Gasteiger partial charge >= 0.3 is 0 Å². The lowest BCUT2D eigenvalue weighted by molar-refractivity contribution is 0.0950. The Labute approximate surface area is 188 Å². The van der Waals surface area contributed by atoms with E-state index in [9.17, 15) is 13.6 Å². The summed E-state index contributed by atoms with van der Waals surface area (Å²) in [4.78, 5) is 20.2. The van der Waals surface area contributed by atoms with E-state index in [-0.39, 0.29) is 17.9 Å². The summed E-state index contributed by atoms with van der Waals surface area (Å²) in [6.45, 7) is 0.118. The van der Waals surface area contributed by atoms with Crippen LogP contribution in [-0.2, 0) is 13.6 Å². The van der Waals surface area contributed by atoms with Crippen LogP contribution in [0.3, 0.4) is 0 Å². The van der Waals surface area contributed by atoms with E-state index in [0.717, 1.165) is 17.2 Å². The largest absolute Gasteiger partial charge is 0.383 e. The number of carbonyl (C=O) groups excluding carboxylic acids is 1. The van der Waals surface area contributed by atoms with Gasteiger partial charge in [-0.2, -0.15) is 9.49 Å². The summed E-state index contributed by atoms with van der Waals surface area (Å²) in [5.41, 5.74) is 9.07. The van der Waals surface area contributed by atoms with Crippen LogP contribution >= 0.6 is 0 Å². The quantitative estimate of drug-likeness (QED) is 0.372. The fourth-order valence-electron chi connectivity index (χ4n) is 3.03. The number of carbonyl (C=O) groups is 1. The maximum absolute atomic E-state index is 14.1. The Balaban J connectivity index is 1.54. The molecule has 0 radical (unpaired) electrons. The Morgan fingerprint density at radius 2 is 1.91 bits per heavy atom. The Hall–Kier alpha value is -4.58. The van der Waals surface area contributed by atoms with E-state index in [2.05, 4.69) is 32.2 Å². The van der Waals surface area contributed by atoms with E-state index >= 15 is 0 Å². The summed E-state index contributed by atoms with van der Waals surface area (Å²) in [6, 6.07) is 8.29. The Bertz CT molecular complexity index is 1390. The second-order valence-electron chi connectivity index (χ2n) is 7.21. The van der Waals surface area contributed by atoms with Crippen molar-refractivity contribution in [3.05, 3.63) is 95.2 Å². The molecule has 4 rings (SSSR count). The van der Waals surface area contributed by atoms with Crippen LogP contribution in [0, 0.1) is 23.6 Å². The summed E-state index contributed by atoms with van der Waals surface area (Å²) in [6.07, 6.45) is 6.47. The molecule has 0 atom stereocenters. The fourth-order valence-corrected chi connectivity index (χ4v) is 3.03. The Morgan fingerprint density at radius 1 is 1.06 bits per heavy atom. The molecule has 9 heteroatoms. The number of nitrogens with one attached hydrogen (secondary N) is 1. The molecule has 0 unspecified atom stereocenters. The van der Waals surface area contributed by atoms with Crippen molar-refractivity contribution >= 4 is 11.7 Å². The lowest BCUT2D eigenvalue weighted by Gasteiger charge is -2.06. The summed E-state index contributed by atoms with van der Waals surface area (Å²) in [7, 11) is 1.81. The third-order valence-electron chi connectivity index (χ3n) is 4.70. The first-order valence-corrected chi connectivity index (χ1v) is 9.83. The van der Waals surface area contributed by atoms with Gasteiger partial charge < -0.3 is 11.1 Å². The summed E-state index contributed by atoms with van der Waals surface area (Å²) < 4.78 is 28.7. The van der Waals surface area contributed by atoms with Crippen LogP contribution < -0.4 is 11.1 Å². The zero-order valence-corrected chi connectivity index (χ0v) is 17.5. The molecule has 0 spiro atoms. The molecule has 1 amide bonds. The highest BCUT2D eigenvalue weighted by Gasteiger charge is 2.09. The van der Waals surface area contributed by atoms with Gasteiger partial charge in [-0.15, -0.1) is 0 Å². The first-order chi connectivity index (χ1) is 15.9. The molecule has 164 valence electrons. The number of nitrogen functional groups attached to an aromatic ring is 1. The predicted octanol–water partition coefficient (Wildman–Crippen LogP) is 3.07. The molecule has 0 aliphatic carbocycles. The minimum Gasteiger partial charge on any atom is -0.383 e. The van der Waals surface area contributed by atoms with Crippen molar-refractivity contribution < 1.29 is 13.6 Å². The second kappa shape index (κ2) is 9.28. The van der Waals surface area contributed by atoms with Crippen LogP contribution in [0.1, 0.15) is 27.0 Å². The number of hydrogen-bond acceptors (Lipinski definition) is 5. The lowest BCUT2D eigenvalue weighted by atomic mass is 10.1. The molecular weight excluding hydrogens is 426 g/mol. The van der Waals surface area contributed by atoms with Crippen LogP contribution in [0.15, 0.2) is 61.2 Å². The molecule has 7 nitrogen and oxygen atoms in total. The highest BCUT2D eigenvalue weighted by molar-refractivity contribution is 5.94. The first kappa shape index (κ1) is 21.6. The molecule has 0 bridgehead atoms. The third-order valence-corrected chi connectivity index (χ3v) is 4.70. The summed E-state index contributed by atoms with van der Waals surface area (Å²) in [5.74, 6) is 4.25. The zero-order chi connectivity index (χ0) is 23.4. The number of halogens is 2. The first-order valence-electron chi connectivity index (χ1n) is 9.83. The average Bonchev–Trinajstić information content (AvgIpc) is 3.24. The van der Waals surface area contributed by atoms with E-state index in [4.69, 9.17) is 5.73 Å². The molecule has 0 aliphatic rings. The van der Waals surface area contributed by atoms with Crippen LogP contribution in [0.25, 0.3) is 11.1 Å². The number of pyridine rings is 2. The second-order valence-corrected chi connectivity index (χ2v) is 7.21. The lowest BCUT2D eigenvalue weighted by Crippen LogP contribution is -2.23. The molecule has 3 N–H and O–H groups in total. The minimum absolute atomic E-state index is 0.101. The maximum atomic E-state index is 14.1. The van der Waals surface area contributed by atoms with Gasteiger partial charge in [0, 0.05) is 54.4 Å². The predicted molar refractivity (Wildman–Crippen MR) is 119 cm³/mol. The topological polar surface area (TPSA) is 98.7 Å². The summed E-state index contributed by atoms with van der Waals surface area (Å²) >= 11 is 0. The third kappa shape index (κ3) is 5.37. The number of aryl methyl sites for hydroxylation is 1. The number of nitrogens with two attached hydrogens (primary N) is 1. The molecule has 4 aromatic rings.